The molecule has 2 aliphatic rings. The lowest BCUT2D eigenvalue weighted by Crippen LogP contribution is -2.15. The third-order valence-electron chi connectivity index (χ3n) is 9.98. The highest BCUT2D eigenvalue weighted by molar-refractivity contribution is 7.99. The number of hydrogen-bond acceptors (Lipinski definition) is 5. The van der Waals surface area contributed by atoms with Crippen LogP contribution in [-0.2, 0) is 0 Å². The Balaban J connectivity index is 1.20. The van der Waals surface area contributed by atoms with Crippen molar-refractivity contribution in [1.82, 2.24) is 19.5 Å². The minimum absolute atomic E-state index is 0.591. The van der Waals surface area contributed by atoms with Crippen LogP contribution in [-0.4, -0.2) is 19.5 Å². The Labute approximate surface area is 298 Å². The topological polar surface area (TPSA) is 46.8 Å². The standard InChI is InChI=1S/C45H27N5S/c1-3-14-28(15-4-1)43-46-44(29-16-5-2-6-17-29)48-45(47-43)50-37-24-12-10-21-33(37)35-26-39-41(27-38(35)50)51-40-25-13-22-34-31-19-8-7-18-30(31)32-20-9-11-23-36(32)49(39)42(34)40/h1-27H. The van der Waals surface area contributed by atoms with E-state index in [1.54, 1.807) is 0 Å². The minimum Gasteiger partial charge on any atom is -0.307 e. The number of hydrogen-bond donors (Lipinski definition) is 0. The molecule has 51 heavy (non-hydrogen) atoms. The van der Waals surface area contributed by atoms with Crippen LogP contribution >= 0.6 is 11.8 Å². The van der Waals surface area contributed by atoms with Gasteiger partial charge in [0, 0.05) is 42.8 Å². The van der Waals surface area contributed by atoms with Crippen molar-refractivity contribution in [3.8, 4) is 51.0 Å². The Morgan fingerprint density at radius 3 is 1.76 bits per heavy atom. The molecule has 6 heteroatoms. The molecule has 0 N–H and O–H groups in total. The molecular weight excluding hydrogens is 643 g/mol. The first-order valence-electron chi connectivity index (χ1n) is 17.0. The zero-order valence-corrected chi connectivity index (χ0v) is 28.0. The maximum absolute atomic E-state index is 5.16. The van der Waals surface area contributed by atoms with Gasteiger partial charge in [-0.25, -0.2) is 4.98 Å². The SMILES string of the molecule is c1ccc(-c2nc(-c3ccccc3)nc(-n3c4ccccc4c4cc5c(cc43)Sc3cccc4c3N5c3ccccc3-c3ccccc3-4)n2)cc1. The molecule has 0 unspecified atom stereocenters. The number of fused-ring (bicyclic) bond motifs is 10. The molecule has 2 aromatic heterocycles. The molecule has 0 spiro atoms. The van der Waals surface area contributed by atoms with E-state index in [9.17, 15) is 0 Å². The second-order valence-electron chi connectivity index (χ2n) is 12.9. The van der Waals surface area contributed by atoms with E-state index in [-0.39, 0.29) is 0 Å². The molecule has 0 amide bonds. The molecule has 0 bridgehead atoms. The van der Waals surface area contributed by atoms with Crippen molar-refractivity contribution in [2.75, 3.05) is 4.90 Å². The summed E-state index contributed by atoms with van der Waals surface area (Å²) in [4.78, 5) is 20.2. The summed E-state index contributed by atoms with van der Waals surface area (Å²) in [5.41, 5.74) is 12.5. The van der Waals surface area contributed by atoms with Gasteiger partial charge in [-0.05, 0) is 41.5 Å². The normalized spacial score (nSPS) is 12.6. The summed E-state index contributed by atoms with van der Waals surface area (Å²) < 4.78 is 2.21. The van der Waals surface area contributed by atoms with Gasteiger partial charge in [-0.15, -0.1) is 0 Å². The Hall–Kier alpha value is -6.50. The predicted molar refractivity (Wildman–Crippen MR) is 208 cm³/mol. The van der Waals surface area contributed by atoms with Crippen LogP contribution < -0.4 is 4.90 Å². The van der Waals surface area contributed by atoms with Crippen molar-refractivity contribution >= 4 is 50.6 Å². The first kappa shape index (κ1) is 28.3. The number of nitrogens with zero attached hydrogens (tertiary/aromatic N) is 5. The van der Waals surface area contributed by atoms with Crippen LogP contribution in [0, 0.1) is 0 Å². The van der Waals surface area contributed by atoms with E-state index in [0.717, 1.165) is 32.9 Å². The van der Waals surface area contributed by atoms with Gasteiger partial charge in [0.1, 0.15) is 0 Å². The van der Waals surface area contributed by atoms with E-state index in [1.807, 2.05) is 48.2 Å². The maximum Gasteiger partial charge on any atom is 0.238 e. The smallest absolute Gasteiger partial charge is 0.238 e. The van der Waals surface area contributed by atoms with Gasteiger partial charge in [0.15, 0.2) is 11.6 Å². The first-order valence-corrected chi connectivity index (χ1v) is 17.9. The molecule has 0 radical (unpaired) electrons. The molecule has 5 nitrogen and oxygen atoms in total. The predicted octanol–water partition coefficient (Wildman–Crippen LogP) is 11.9. The van der Waals surface area contributed by atoms with Gasteiger partial charge in [-0.1, -0.05) is 145 Å². The van der Waals surface area contributed by atoms with Gasteiger partial charge < -0.3 is 4.90 Å². The highest BCUT2D eigenvalue weighted by atomic mass is 32.2. The van der Waals surface area contributed by atoms with Crippen LogP contribution in [0.5, 0.6) is 0 Å². The largest absolute Gasteiger partial charge is 0.307 e. The van der Waals surface area contributed by atoms with E-state index in [4.69, 9.17) is 15.0 Å². The fourth-order valence-corrected chi connectivity index (χ4v) is 8.85. The van der Waals surface area contributed by atoms with Crippen LogP contribution in [0.1, 0.15) is 0 Å². The van der Waals surface area contributed by atoms with Crippen LogP contribution in [0.2, 0.25) is 0 Å². The third-order valence-corrected chi connectivity index (χ3v) is 11.1. The van der Waals surface area contributed by atoms with Crippen LogP contribution in [0.15, 0.2) is 174 Å². The van der Waals surface area contributed by atoms with Gasteiger partial charge in [0.05, 0.1) is 28.1 Å². The molecule has 4 heterocycles. The van der Waals surface area contributed by atoms with Crippen LogP contribution in [0.3, 0.4) is 0 Å². The van der Waals surface area contributed by atoms with E-state index in [0.29, 0.717) is 17.6 Å². The van der Waals surface area contributed by atoms with Crippen molar-refractivity contribution in [2.45, 2.75) is 9.79 Å². The molecule has 0 fully saturated rings. The minimum atomic E-state index is 0.591. The van der Waals surface area contributed by atoms with E-state index < -0.39 is 0 Å². The van der Waals surface area contributed by atoms with Crippen molar-refractivity contribution in [3.05, 3.63) is 164 Å². The van der Waals surface area contributed by atoms with E-state index >= 15 is 0 Å². The van der Waals surface area contributed by atoms with E-state index in [1.165, 1.54) is 49.1 Å². The molecule has 0 atom stereocenters. The lowest BCUT2D eigenvalue weighted by molar-refractivity contribution is 0.952. The zero-order valence-electron chi connectivity index (χ0n) is 27.2. The van der Waals surface area contributed by atoms with Gasteiger partial charge >= 0.3 is 0 Å². The van der Waals surface area contributed by atoms with Crippen molar-refractivity contribution in [2.24, 2.45) is 0 Å². The number of aromatic nitrogens is 4. The van der Waals surface area contributed by atoms with E-state index in [2.05, 4.69) is 137 Å². The Morgan fingerprint density at radius 1 is 0.412 bits per heavy atom. The molecule has 7 aromatic carbocycles. The average molecular weight is 670 g/mol. The monoisotopic (exact) mass is 669 g/mol. The zero-order chi connectivity index (χ0) is 33.5. The molecule has 0 aliphatic carbocycles. The number of benzene rings is 7. The number of para-hydroxylation sites is 3. The van der Waals surface area contributed by atoms with Crippen molar-refractivity contribution < 1.29 is 0 Å². The summed E-state index contributed by atoms with van der Waals surface area (Å²) in [7, 11) is 0. The second-order valence-corrected chi connectivity index (χ2v) is 13.9. The maximum atomic E-state index is 5.16. The Bertz CT molecular complexity index is 2790. The third kappa shape index (κ3) is 4.27. The molecule has 0 saturated heterocycles. The van der Waals surface area contributed by atoms with Gasteiger partial charge in [-0.2, -0.15) is 9.97 Å². The lowest BCUT2D eigenvalue weighted by atomic mass is 9.95. The van der Waals surface area contributed by atoms with Gasteiger partial charge in [0.25, 0.3) is 0 Å². The van der Waals surface area contributed by atoms with Gasteiger partial charge in [-0.3, -0.25) is 4.57 Å². The molecule has 2 aliphatic heterocycles. The number of anilines is 3. The summed E-state index contributed by atoms with van der Waals surface area (Å²) in [6.45, 7) is 0. The fraction of sp³-hybridized carbons (Fsp3) is 0. The average Bonchev–Trinajstić information content (AvgIpc) is 3.45. The van der Waals surface area contributed by atoms with Crippen LogP contribution in [0.4, 0.5) is 17.1 Å². The fourth-order valence-electron chi connectivity index (χ4n) is 7.74. The first-order chi connectivity index (χ1) is 25.3. The number of rotatable bonds is 3. The Morgan fingerprint density at radius 2 is 1.02 bits per heavy atom. The lowest BCUT2D eigenvalue weighted by Gasteiger charge is -2.34. The molecule has 238 valence electrons. The highest BCUT2D eigenvalue weighted by Crippen LogP contribution is 2.59. The van der Waals surface area contributed by atoms with Gasteiger partial charge in [0.2, 0.25) is 5.95 Å². The summed E-state index contributed by atoms with van der Waals surface area (Å²) in [6.07, 6.45) is 0. The second kappa shape index (κ2) is 11.0. The molecular formula is C45H27N5S. The summed E-state index contributed by atoms with van der Waals surface area (Å²) in [6, 6.07) is 57.9. The summed E-state index contributed by atoms with van der Waals surface area (Å²) >= 11 is 1.83. The Kier molecular flexibility index (Phi) is 6.12. The summed E-state index contributed by atoms with van der Waals surface area (Å²) in [5, 5.41) is 2.29. The molecule has 0 saturated carbocycles. The molecule has 9 aromatic rings. The summed E-state index contributed by atoms with van der Waals surface area (Å²) in [5.74, 6) is 1.87. The van der Waals surface area contributed by atoms with Crippen LogP contribution in [0.25, 0.3) is 72.8 Å². The molecule has 11 rings (SSSR count). The highest BCUT2D eigenvalue weighted by Gasteiger charge is 2.33. The quantitative estimate of drug-likeness (QED) is 0.187. The van der Waals surface area contributed by atoms with Crippen molar-refractivity contribution in [3.63, 3.8) is 0 Å². The van der Waals surface area contributed by atoms with Crippen molar-refractivity contribution in [1.29, 1.82) is 0 Å².